The standard InChI is InChI=1S/C15H22N2O3S/c1-3-12(15(19)20)17-8-6-11(7-9-17)16-14(18)13-5-4-10(2)21-13/h4-5,11-12H,3,6-9H2,1-2H3,(H,16,18)(H,19,20)/t12-/m0/s1. The Labute approximate surface area is 129 Å². The molecule has 2 heterocycles. The van der Waals surface area contributed by atoms with Crippen LogP contribution < -0.4 is 5.32 Å². The summed E-state index contributed by atoms with van der Waals surface area (Å²) in [5.74, 6) is -0.772. The smallest absolute Gasteiger partial charge is 0.320 e. The fourth-order valence-corrected chi connectivity index (χ4v) is 3.53. The van der Waals surface area contributed by atoms with E-state index in [0.29, 0.717) is 6.42 Å². The number of aryl methyl sites for hydroxylation is 1. The van der Waals surface area contributed by atoms with Gasteiger partial charge in [0.2, 0.25) is 0 Å². The molecule has 116 valence electrons. The van der Waals surface area contributed by atoms with Crippen molar-refractivity contribution in [1.82, 2.24) is 10.2 Å². The van der Waals surface area contributed by atoms with Crippen LogP contribution >= 0.6 is 11.3 Å². The third-order valence-electron chi connectivity index (χ3n) is 3.94. The van der Waals surface area contributed by atoms with Crippen LogP contribution in [0.25, 0.3) is 0 Å². The summed E-state index contributed by atoms with van der Waals surface area (Å²) < 4.78 is 0. The minimum atomic E-state index is -0.756. The van der Waals surface area contributed by atoms with Crippen molar-refractivity contribution in [1.29, 1.82) is 0 Å². The molecule has 1 aliphatic heterocycles. The number of carboxylic acids is 1. The van der Waals surface area contributed by atoms with Crippen molar-refractivity contribution in [2.45, 2.75) is 45.2 Å². The molecule has 0 aromatic carbocycles. The van der Waals surface area contributed by atoms with E-state index in [2.05, 4.69) is 5.32 Å². The zero-order chi connectivity index (χ0) is 15.4. The summed E-state index contributed by atoms with van der Waals surface area (Å²) in [6.45, 7) is 5.32. The molecule has 0 bridgehead atoms. The van der Waals surface area contributed by atoms with Crippen molar-refractivity contribution in [3.8, 4) is 0 Å². The van der Waals surface area contributed by atoms with E-state index >= 15 is 0 Å². The van der Waals surface area contributed by atoms with Crippen LogP contribution in [0.4, 0.5) is 0 Å². The molecule has 0 aliphatic carbocycles. The van der Waals surface area contributed by atoms with Gasteiger partial charge >= 0.3 is 5.97 Å². The molecular weight excluding hydrogens is 288 g/mol. The van der Waals surface area contributed by atoms with Crippen molar-refractivity contribution in [3.05, 3.63) is 21.9 Å². The first-order chi connectivity index (χ1) is 10.0. The number of piperidine rings is 1. The fraction of sp³-hybridized carbons (Fsp3) is 0.600. The van der Waals surface area contributed by atoms with Crippen molar-refractivity contribution in [2.75, 3.05) is 13.1 Å². The molecule has 1 aromatic rings. The Morgan fingerprint density at radius 2 is 2.10 bits per heavy atom. The number of nitrogens with zero attached hydrogens (tertiary/aromatic N) is 1. The van der Waals surface area contributed by atoms with Gasteiger partial charge in [-0.1, -0.05) is 6.92 Å². The molecule has 2 rings (SSSR count). The van der Waals surface area contributed by atoms with Gasteiger partial charge in [-0.3, -0.25) is 14.5 Å². The number of likely N-dealkylation sites (tertiary alicyclic amines) is 1. The van der Waals surface area contributed by atoms with E-state index in [1.54, 1.807) is 0 Å². The molecule has 1 saturated heterocycles. The number of thiophene rings is 1. The fourth-order valence-electron chi connectivity index (χ4n) is 2.76. The van der Waals surface area contributed by atoms with Crippen LogP contribution in [0.1, 0.15) is 40.7 Å². The molecule has 0 spiro atoms. The van der Waals surface area contributed by atoms with E-state index in [1.807, 2.05) is 30.9 Å². The van der Waals surface area contributed by atoms with Gasteiger partial charge in [0.15, 0.2) is 0 Å². The third-order valence-corrected chi connectivity index (χ3v) is 4.94. The highest BCUT2D eigenvalue weighted by Crippen LogP contribution is 2.18. The second-order valence-electron chi connectivity index (χ2n) is 5.46. The van der Waals surface area contributed by atoms with Gasteiger partial charge < -0.3 is 10.4 Å². The van der Waals surface area contributed by atoms with Crippen LogP contribution in [0, 0.1) is 6.92 Å². The van der Waals surface area contributed by atoms with Crippen LogP contribution in [0.5, 0.6) is 0 Å². The molecule has 5 nitrogen and oxygen atoms in total. The van der Waals surface area contributed by atoms with E-state index in [1.165, 1.54) is 11.3 Å². The molecule has 6 heteroatoms. The lowest BCUT2D eigenvalue weighted by molar-refractivity contribution is -0.143. The number of nitrogens with one attached hydrogen (secondary N) is 1. The number of aliphatic carboxylic acids is 1. The van der Waals surface area contributed by atoms with Crippen LogP contribution in [-0.4, -0.2) is 47.1 Å². The number of carboxylic acid groups (broad SMARTS) is 1. The van der Waals surface area contributed by atoms with Gasteiger partial charge in [-0.15, -0.1) is 11.3 Å². The molecule has 1 aromatic heterocycles. The maximum absolute atomic E-state index is 12.1. The Hall–Kier alpha value is -1.40. The van der Waals surface area contributed by atoms with Gasteiger partial charge in [0.1, 0.15) is 6.04 Å². The largest absolute Gasteiger partial charge is 0.480 e. The second-order valence-corrected chi connectivity index (χ2v) is 6.74. The number of carbonyl (C=O) groups is 2. The summed E-state index contributed by atoms with van der Waals surface area (Å²) in [5.41, 5.74) is 0. The molecule has 0 unspecified atom stereocenters. The molecule has 0 radical (unpaired) electrons. The summed E-state index contributed by atoms with van der Waals surface area (Å²) in [6, 6.07) is 3.53. The number of carbonyl (C=O) groups excluding carboxylic acids is 1. The van der Waals surface area contributed by atoms with E-state index in [4.69, 9.17) is 0 Å². The molecule has 21 heavy (non-hydrogen) atoms. The number of hydrogen-bond donors (Lipinski definition) is 2. The molecular formula is C15H22N2O3S. The Bertz CT molecular complexity index is 507. The maximum atomic E-state index is 12.1. The summed E-state index contributed by atoms with van der Waals surface area (Å²) in [7, 11) is 0. The van der Waals surface area contributed by atoms with Gasteiger partial charge in [-0.05, 0) is 38.3 Å². The zero-order valence-corrected chi connectivity index (χ0v) is 13.3. The van der Waals surface area contributed by atoms with E-state index in [9.17, 15) is 14.7 Å². The highest BCUT2D eigenvalue weighted by molar-refractivity contribution is 7.13. The highest BCUT2D eigenvalue weighted by Gasteiger charge is 2.29. The Morgan fingerprint density at radius 1 is 1.43 bits per heavy atom. The Morgan fingerprint density at radius 3 is 2.57 bits per heavy atom. The third kappa shape index (κ3) is 4.04. The normalized spacial score (nSPS) is 18.4. The Balaban J connectivity index is 1.84. The molecule has 0 saturated carbocycles. The number of rotatable bonds is 5. The average molecular weight is 310 g/mol. The lowest BCUT2D eigenvalue weighted by Gasteiger charge is -2.35. The lowest BCUT2D eigenvalue weighted by Crippen LogP contribution is -2.50. The molecule has 1 aliphatic rings. The highest BCUT2D eigenvalue weighted by atomic mass is 32.1. The summed E-state index contributed by atoms with van der Waals surface area (Å²) in [5, 5.41) is 12.2. The molecule has 1 atom stereocenters. The van der Waals surface area contributed by atoms with Crippen molar-refractivity contribution in [3.63, 3.8) is 0 Å². The molecule has 2 N–H and O–H groups in total. The van der Waals surface area contributed by atoms with E-state index in [0.717, 1.165) is 35.7 Å². The zero-order valence-electron chi connectivity index (χ0n) is 12.5. The van der Waals surface area contributed by atoms with Gasteiger partial charge in [0.05, 0.1) is 4.88 Å². The van der Waals surface area contributed by atoms with Gasteiger partial charge in [0.25, 0.3) is 5.91 Å². The predicted molar refractivity (Wildman–Crippen MR) is 82.8 cm³/mol. The van der Waals surface area contributed by atoms with Gasteiger partial charge in [-0.2, -0.15) is 0 Å². The van der Waals surface area contributed by atoms with Crippen molar-refractivity contribution >= 4 is 23.2 Å². The predicted octanol–water partition coefficient (Wildman–Crippen LogP) is 2.11. The van der Waals surface area contributed by atoms with Gasteiger partial charge in [0, 0.05) is 24.0 Å². The first kappa shape index (κ1) is 16.0. The molecule has 1 amide bonds. The first-order valence-electron chi connectivity index (χ1n) is 7.35. The quantitative estimate of drug-likeness (QED) is 0.874. The number of amides is 1. The SMILES string of the molecule is CC[C@@H](C(=O)O)N1CCC(NC(=O)c2ccc(C)s2)CC1. The minimum absolute atomic E-state index is 0.0168. The topological polar surface area (TPSA) is 69.6 Å². The second kappa shape index (κ2) is 7.04. The average Bonchev–Trinajstić information content (AvgIpc) is 2.88. The Kier molecular flexibility index (Phi) is 5.36. The van der Waals surface area contributed by atoms with Crippen LogP contribution in [-0.2, 0) is 4.79 Å². The van der Waals surface area contributed by atoms with Crippen molar-refractivity contribution in [2.24, 2.45) is 0 Å². The van der Waals surface area contributed by atoms with Crippen molar-refractivity contribution < 1.29 is 14.7 Å². The summed E-state index contributed by atoms with van der Waals surface area (Å²) >= 11 is 1.50. The summed E-state index contributed by atoms with van der Waals surface area (Å²) in [4.78, 5) is 27.1. The summed E-state index contributed by atoms with van der Waals surface area (Å²) in [6.07, 6.45) is 2.22. The monoisotopic (exact) mass is 310 g/mol. The lowest BCUT2D eigenvalue weighted by atomic mass is 10.0. The molecule has 1 fully saturated rings. The maximum Gasteiger partial charge on any atom is 0.320 e. The van der Waals surface area contributed by atoms with Crippen LogP contribution in [0.3, 0.4) is 0 Å². The number of hydrogen-bond acceptors (Lipinski definition) is 4. The van der Waals surface area contributed by atoms with E-state index < -0.39 is 12.0 Å². The minimum Gasteiger partial charge on any atom is -0.480 e. The van der Waals surface area contributed by atoms with Gasteiger partial charge in [-0.25, -0.2) is 0 Å². The van der Waals surface area contributed by atoms with Crippen LogP contribution in [0.15, 0.2) is 12.1 Å². The van der Waals surface area contributed by atoms with E-state index in [-0.39, 0.29) is 11.9 Å². The first-order valence-corrected chi connectivity index (χ1v) is 8.17. The van der Waals surface area contributed by atoms with Crippen LogP contribution in [0.2, 0.25) is 0 Å².